The maximum Gasteiger partial charge on any atom is 0.348 e. The summed E-state index contributed by atoms with van der Waals surface area (Å²) in [6.45, 7) is 4.11. The number of thiophene rings is 1. The highest BCUT2D eigenvalue weighted by molar-refractivity contribution is 7.89. The SMILES string of the molecule is Cc1ccc(S(=O)(=O)Oc2ccc(NC(=O)N([C@H]3CCC[N+](C)(Cc4ccc5c(c4)OCO5)C3)[C@@H](Cc3ccc(O)cc3)C(N)=O)cc2)s1. The number of carbonyl (C=O) groups excluding carboxylic acids is 2. The van der Waals surface area contributed by atoms with Gasteiger partial charge in [-0.3, -0.25) is 4.79 Å². The number of hydrogen-bond donors (Lipinski definition) is 3. The number of benzene rings is 3. The number of aryl methyl sites for hydroxylation is 1. The highest BCUT2D eigenvalue weighted by Gasteiger charge is 2.41. The van der Waals surface area contributed by atoms with E-state index in [1.165, 1.54) is 30.3 Å². The fourth-order valence-corrected chi connectivity index (χ4v) is 8.68. The highest BCUT2D eigenvalue weighted by atomic mass is 32.3. The maximum atomic E-state index is 14.2. The van der Waals surface area contributed by atoms with E-state index >= 15 is 0 Å². The summed E-state index contributed by atoms with van der Waals surface area (Å²) in [5, 5.41) is 12.7. The third-order valence-corrected chi connectivity index (χ3v) is 11.5. The largest absolute Gasteiger partial charge is 0.508 e. The summed E-state index contributed by atoms with van der Waals surface area (Å²) in [5.41, 5.74) is 8.19. The third-order valence-electron chi connectivity index (χ3n) is 8.82. The van der Waals surface area contributed by atoms with E-state index in [2.05, 4.69) is 12.4 Å². The van der Waals surface area contributed by atoms with Gasteiger partial charge >= 0.3 is 16.1 Å². The fraction of sp³-hybridized carbons (Fsp3) is 0.314. The highest BCUT2D eigenvalue weighted by Crippen LogP contribution is 2.35. The number of rotatable bonds is 11. The number of nitrogens with one attached hydrogen (secondary N) is 1. The van der Waals surface area contributed by atoms with Gasteiger partial charge in [0.2, 0.25) is 12.7 Å². The lowest BCUT2D eigenvalue weighted by Crippen LogP contribution is -2.62. The van der Waals surface area contributed by atoms with Crippen LogP contribution in [0.2, 0.25) is 0 Å². The number of primary amides is 1. The van der Waals surface area contributed by atoms with Crippen molar-refractivity contribution < 1.29 is 41.3 Å². The molecule has 4 N–H and O–H groups in total. The van der Waals surface area contributed by atoms with Crippen LogP contribution < -0.4 is 24.7 Å². The van der Waals surface area contributed by atoms with E-state index in [1.54, 1.807) is 35.2 Å². The summed E-state index contributed by atoms with van der Waals surface area (Å²) in [4.78, 5) is 29.7. The van der Waals surface area contributed by atoms with Gasteiger partial charge < -0.3 is 39.2 Å². The van der Waals surface area contributed by atoms with Crippen LogP contribution in [0.1, 0.15) is 28.8 Å². The van der Waals surface area contributed by atoms with E-state index in [9.17, 15) is 23.1 Å². The molecule has 0 aliphatic carbocycles. The number of carbonyl (C=O) groups is 2. The molecule has 2 aliphatic rings. The molecular formula is C35H39N4O8S2+. The molecular weight excluding hydrogens is 669 g/mol. The van der Waals surface area contributed by atoms with E-state index < -0.39 is 28.1 Å². The Hall–Kier alpha value is -4.79. The summed E-state index contributed by atoms with van der Waals surface area (Å²) in [6, 6.07) is 19.7. The van der Waals surface area contributed by atoms with Gasteiger partial charge in [0.15, 0.2) is 15.7 Å². The second-order valence-corrected chi connectivity index (χ2v) is 15.8. The Balaban J connectivity index is 1.24. The van der Waals surface area contributed by atoms with E-state index in [-0.39, 0.29) is 35.0 Å². The number of nitrogens with two attached hydrogens (primary N) is 1. The quantitative estimate of drug-likeness (QED) is 0.145. The van der Waals surface area contributed by atoms with Gasteiger partial charge in [-0.25, -0.2) is 4.79 Å². The van der Waals surface area contributed by atoms with Crippen molar-refractivity contribution >= 4 is 39.1 Å². The Morgan fingerprint density at radius 3 is 2.45 bits per heavy atom. The lowest BCUT2D eigenvalue weighted by atomic mass is 9.96. The van der Waals surface area contributed by atoms with E-state index in [0.717, 1.165) is 40.3 Å². The van der Waals surface area contributed by atoms with Crippen LogP contribution in [-0.4, -0.2) is 73.9 Å². The second-order valence-electron chi connectivity index (χ2n) is 12.7. The Labute approximate surface area is 289 Å². The monoisotopic (exact) mass is 707 g/mol. The van der Waals surface area contributed by atoms with Crippen molar-refractivity contribution in [3.05, 3.63) is 94.9 Å². The first-order valence-corrected chi connectivity index (χ1v) is 18.1. The molecule has 1 aromatic heterocycles. The number of likely N-dealkylation sites (N-methyl/N-ethyl adjacent to an activating group) is 1. The van der Waals surface area contributed by atoms with Gasteiger partial charge in [-0.2, -0.15) is 8.42 Å². The first kappa shape index (κ1) is 34.1. The Kier molecular flexibility index (Phi) is 9.72. The first-order chi connectivity index (χ1) is 23.4. The predicted molar refractivity (Wildman–Crippen MR) is 184 cm³/mol. The van der Waals surface area contributed by atoms with Gasteiger partial charge in [0, 0.05) is 22.5 Å². The molecule has 49 heavy (non-hydrogen) atoms. The van der Waals surface area contributed by atoms with Crippen LogP contribution in [0.25, 0.3) is 0 Å². The first-order valence-electron chi connectivity index (χ1n) is 15.9. The number of phenolic OH excluding ortho intramolecular Hbond substituents is 1. The normalized spacial score (nSPS) is 19.2. The number of hydrogen-bond acceptors (Lipinski definition) is 9. The third kappa shape index (κ3) is 8.10. The molecule has 2 aliphatic heterocycles. The molecule has 3 aromatic carbocycles. The molecule has 4 aromatic rings. The summed E-state index contributed by atoms with van der Waals surface area (Å²) in [5.74, 6) is 0.937. The van der Waals surface area contributed by atoms with Gasteiger partial charge in [-0.05, 0) is 92.1 Å². The zero-order valence-electron chi connectivity index (χ0n) is 27.2. The number of quaternary nitrogens is 1. The van der Waals surface area contributed by atoms with Gasteiger partial charge in [0.25, 0.3) is 0 Å². The molecule has 0 bridgehead atoms. The van der Waals surface area contributed by atoms with Crippen molar-refractivity contribution in [2.24, 2.45) is 5.73 Å². The molecule has 12 nitrogen and oxygen atoms in total. The van der Waals surface area contributed by atoms with Gasteiger partial charge in [-0.1, -0.05) is 12.1 Å². The standard InChI is InChI=1S/C35H38N4O8S2/c1-23-5-16-33(48-23)49(43,44)47-29-13-9-26(10-14-29)37-35(42)38(30(34(36)41)18-24-6-11-28(40)12-7-24)27-4-3-17-39(2,21-27)20-25-8-15-31-32(19-25)46-22-45-31/h5-16,19,27,30H,3-4,17-18,20-22H2,1-2H3,(H3-,36,37,40,41,42)/p+1/t27-,30-,39?/m0/s1. The van der Waals surface area contributed by atoms with Gasteiger partial charge in [0.05, 0.1) is 26.2 Å². The van der Waals surface area contributed by atoms with Crippen LogP contribution in [0.15, 0.2) is 83.1 Å². The molecule has 258 valence electrons. The van der Waals surface area contributed by atoms with Crippen LogP contribution in [0, 0.1) is 6.92 Å². The lowest BCUT2D eigenvalue weighted by molar-refractivity contribution is -0.928. The number of ether oxygens (including phenoxy) is 2. The topological polar surface area (TPSA) is 157 Å². The van der Waals surface area contributed by atoms with Crippen LogP contribution >= 0.6 is 11.3 Å². The number of urea groups is 1. The van der Waals surface area contributed by atoms with E-state index in [4.69, 9.17) is 19.4 Å². The van der Waals surface area contributed by atoms with Crippen molar-refractivity contribution in [3.63, 3.8) is 0 Å². The number of piperidine rings is 1. The molecule has 0 spiro atoms. The Bertz CT molecular complexity index is 1930. The second kappa shape index (κ2) is 14.0. The zero-order chi connectivity index (χ0) is 34.8. The van der Waals surface area contributed by atoms with Crippen molar-refractivity contribution in [1.29, 1.82) is 0 Å². The molecule has 0 saturated carbocycles. The number of aromatic hydroxyl groups is 1. The summed E-state index contributed by atoms with van der Waals surface area (Å²) in [7, 11) is -1.87. The molecule has 1 fully saturated rings. The van der Waals surface area contributed by atoms with Crippen molar-refractivity contribution in [3.8, 4) is 23.0 Å². The van der Waals surface area contributed by atoms with Crippen LogP contribution in [0.3, 0.4) is 0 Å². The Morgan fingerprint density at radius 1 is 1.04 bits per heavy atom. The van der Waals surface area contributed by atoms with Crippen LogP contribution in [0.4, 0.5) is 10.5 Å². The number of fused-ring (bicyclic) bond motifs is 1. The van der Waals surface area contributed by atoms with Gasteiger partial charge in [-0.15, -0.1) is 11.3 Å². The maximum absolute atomic E-state index is 14.2. The molecule has 1 unspecified atom stereocenters. The fourth-order valence-electron chi connectivity index (χ4n) is 6.50. The molecule has 1 saturated heterocycles. The summed E-state index contributed by atoms with van der Waals surface area (Å²) in [6.07, 6.45) is 1.62. The molecule has 3 heterocycles. The predicted octanol–water partition coefficient (Wildman–Crippen LogP) is 5.00. The zero-order valence-corrected chi connectivity index (χ0v) is 28.8. The van der Waals surface area contributed by atoms with Crippen LogP contribution in [0.5, 0.6) is 23.0 Å². The minimum absolute atomic E-state index is 0.0866. The average molecular weight is 708 g/mol. The molecule has 3 atom stereocenters. The van der Waals surface area contributed by atoms with E-state index in [0.29, 0.717) is 41.2 Å². The molecule has 6 rings (SSSR count). The smallest absolute Gasteiger partial charge is 0.348 e. The number of anilines is 1. The van der Waals surface area contributed by atoms with Gasteiger partial charge in [0.1, 0.15) is 24.1 Å². The molecule has 3 amide bonds. The molecule has 14 heteroatoms. The summed E-state index contributed by atoms with van der Waals surface area (Å²) < 4.78 is 42.5. The molecule has 0 radical (unpaired) electrons. The van der Waals surface area contributed by atoms with Crippen LogP contribution in [-0.2, 0) is 27.9 Å². The lowest BCUT2D eigenvalue weighted by Gasteiger charge is -2.46. The number of phenols is 1. The van der Waals surface area contributed by atoms with Crippen molar-refractivity contribution in [2.45, 2.75) is 49.0 Å². The van der Waals surface area contributed by atoms with E-state index in [1.807, 2.05) is 25.1 Å². The average Bonchev–Trinajstić information content (AvgIpc) is 3.71. The Morgan fingerprint density at radius 2 is 1.76 bits per heavy atom. The number of amides is 3. The number of likely N-dealkylation sites (tertiary alicyclic amines) is 1. The van der Waals surface area contributed by atoms with Crippen molar-refractivity contribution in [1.82, 2.24) is 4.90 Å². The van der Waals surface area contributed by atoms with Crippen molar-refractivity contribution in [2.75, 3.05) is 32.2 Å². The summed E-state index contributed by atoms with van der Waals surface area (Å²) >= 11 is 1.12. The minimum Gasteiger partial charge on any atom is -0.508 e. The number of nitrogens with zero attached hydrogens (tertiary/aromatic N) is 2. The minimum atomic E-state index is -4.01.